The molecule has 0 spiro atoms. The fourth-order valence-electron chi connectivity index (χ4n) is 4.92. The van der Waals surface area contributed by atoms with Crippen molar-refractivity contribution >= 4 is 35.5 Å². The van der Waals surface area contributed by atoms with Crippen LogP contribution in [0.2, 0.25) is 0 Å². The largest absolute Gasteiger partial charge is 0.362 e. The molecule has 1 aliphatic carbocycles. The molecular weight excluding hydrogens is 641 g/mol. The maximum Gasteiger partial charge on any atom is 0.222 e. The Morgan fingerprint density at radius 1 is 1.10 bits per heavy atom. The predicted molar refractivity (Wildman–Crippen MR) is 213 cm³/mol. The monoisotopic (exact) mass is 711 g/mol. The van der Waals surface area contributed by atoms with Crippen molar-refractivity contribution in [1.82, 2.24) is 20.9 Å². The first-order chi connectivity index (χ1) is 23.2. The Balaban J connectivity index is -0.000000793. The van der Waals surface area contributed by atoms with E-state index in [-0.39, 0.29) is 18.0 Å². The van der Waals surface area contributed by atoms with Crippen molar-refractivity contribution in [2.75, 3.05) is 26.7 Å². The van der Waals surface area contributed by atoms with Gasteiger partial charge in [0.15, 0.2) is 0 Å². The smallest absolute Gasteiger partial charge is 0.222 e. The van der Waals surface area contributed by atoms with Crippen LogP contribution in [0.5, 0.6) is 0 Å². The molecule has 7 nitrogen and oxygen atoms in total. The Kier molecular flexibility index (Phi) is 36.0. The van der Waals surface area contributed by atoms with Gasteiger partial charge in [-0.1, -0.05) is 103 Å². The summed E-state index contributed by atoms with van der Waals surface area (Å²) < 4.78 is 0. The van der Waals surface area contributed by atoms with Gasteiger partial charge in [0.2, 0.25) is 12.3 Å². The first-order valence-corrected chi connectivity index (χ1v) is 19.0. The molecule has 2 amide bonds. The van der Waals surface area contributed by atoms with E-state index in [1.54, 1.807) is 6.08 Å². The number of rotatable bonds is 15. The summed E-state index contributed by atoms with van der Waals surface area (Å²) in [6, 6.07) is 0.389. The summed E-state index contributed by atoms with van der Waals surface area (Å²) in [4.78, 5) is 25.0. The summed E-state index contributed by atoms with van der Waals surface area (Å²) in [5, 5.41) is 10.6. The van der Waals surface area contributed by atoms with Gasteiger partial charge in [-0.25, -0.2) is 0 Å². The van der Waals surface area contributed by atoms with E-state index in [0.29, 0.717) is 23.9 Å². The highest BCUT2D eigenvalue weighted by Crippen LogP contribution is 2.30. The summed E-state index contributed by atoms with van der Waals surface area (Å²) in [5.74, 6) is 0.693. The van der Waals surface area contributed by atoms with Crippen LogP contribution in [0.1, 0.15) is 120 Å². The molecule has 0 saturated carbocycles. The maximum absolute atomic E-state index is 12.5. The van der Waals surface area contributed by atoms with Crippen molar-refractivity contribution in [3.8, 4) is 0 Å². The molecule has 2 atom stereocenters. The van der Waals surface area contributed by atoms with Crippen LogP contribution in [0.4, 0.5) is 0 Å². The van der Waals surface area contributed by atoms with Crippen molar-refractivity contribution < 1.29 is 9.59 Å². The van der Waals surface area contributed by atoms with Gasteiger partial charge >= 0.3 is 0 Å². The van der Waals surface area contributed by atoms with Gasteiger partial charge in [0.25, 0.3) is 0 Å². The number of amides is 2. The van der Waals surface area contributed by atoms with Crippen LogP contribution in [0.15, 0.2) is 70.1 Å². The maximum atomic E-state index is 12.5. The molecule has 48 heavy (non-hydrogen) atoms. The van der Waals surface area contributed by atoms with Gasteiger partial charge in [0, 0.05) is 55.1 Å². The Hall–Kier alpha value is -2.32. The van der Waals surface area contributed by atoms with E-state index >= 15 is 0 Å². The van der Waals surface area contributed by atoms with Gasteiger partial charge in [-0.3, -0.25) is 9.59 Å². The third-order valence-electron chi connectivity index (χ3n) is 7.72. The van der Waals surface area contributed by atoms with E-state index in [2.05, 4.69) is 42.5 Å². The topological polar surface area (TPSA) is 99.5 Å². The molecular formula is C39H71Cl2N5O2. The molecule has 0 aromatic rings. The minimum Gasteiger partial charge on any atom is -0.362 e. The molecule has 5 N–H and O–H groups in total. The molecule has 1 saturated heterocycles. The molecule has 1 aliphatic heterocycles. The zero-order valence-corrected chi connectivity index (χ0v) is 33.6. The van der Waals surface area contributed by atoms with Crippen LogP contribution in [0.25, 0.3) is 0 Å². The summed E-state index contributed by atoms with van der Waals surface area (Å²) >= 11 is 12.3. The average Bonchev–Trinajstić information content (AvgIpc) is 3.30. The van der Waals surface area contributed by atoms with Crippen LogP contribution in [-0.4, -0.2) is 56.0 Å². The zero-order valence-electron chi connectivity index (χ0n) is 32.1. The average molecular weight is 713 g/mol. The zero-order chi connectivity index (χ0) is 37.3. The van der Waals surface area contributed by atoms with E-state index in [4.69, 9.17) is 28.9 Å². The highest BCUT2D eigenvalue weighted by molar-refractivity contribution is 6.40. The molecule has 1 heterocycles. The first kappa shape index (κ1) is 50.1. The first-order valence-electron chi connectivity index (χ1n) is 18.2. The lowest BCUT2D eigenvalue weighted by atomic mass is 9.89. The number of halogens is 2. The number of carbonyl (C=O) groups excluding carboxylic acids is 2. The van der Waals surface area contributed by atoms with E-state index in [0.717, 1.165) is 87.2 Å². The Labute approximate surface area is 305 Å². The minimum absolute atomic E-state index is 0.132. The van der Waals surface area contributed by atoms with E-state index in [1.807, 2.05) is 84.8 Å². The molecule has 1 fully saturated rings. The number of nitrogens with two attached hydrogens (primary N) is 1. The molecule has 278 valence electrons. The summed E-state index contributed by atoms with van der Waals surface area (Å²) in [6.07, 6.45) is 20.4. The molecule has 2 rings (SSSR count). The van der Waals surface area contributed by atoms with Crippen LogP contribution in [0.3, 0.4) is 0 Å². The van der Waals surface area contributed by atoms with Gasteiger partial charge in [-0.05, 0) is 95.1 Å². The van der Waals surface area contributed by atoms with Crippen LogP contribution < -0.4 is 21.7 Å². The molecule has 0 aromatic heterocycles. The molecule has 9 heteroatoms. The summed E-state index contributed by atoms with van der Waals surface area (Å²) in [7, 11) is 1.92. The molecule has 0 bridgehead atoms. The number of piperidine rings is 1. The standard InChI is InChI=1S/C19H29Cl2N3O2.C14H24N2.3C2H6/c1-22-18(12-23-13-25)15-7-9-24(10-8-15)19(26)6-5-14-3-2-4-16(20)17(21)11-14;1-5-8-10-13(9-6-2)16-11-12(4)14(15)7-3;3*1-2/h11,13,15,18,22H,2-10,12H2,1H3,(H,23,25);6,8-11,14,16H,2,5,7,15H2,1,3-4H3;3*1-2H3/b;10-8-,12-11+,13-9+;;;. The number of carbonyl (C=O) groups is 2. The Morgan fingerprint density at radius 2 is 1.73 bits per heavy atom. The van der Waals surface area contributed by atoms with Crippen molar-refractivity contribution in [2.24, 2.45) is 11.7 Å². The second-order valence-electron chi connectivity index (χ2n) is 10.8. The minimum atomic E-state index is 0.132. The fraction of sp³-hybridized carbons (Fsp3) is 0.641. The second-order valence-corrected chi connectivity index (χ2v) is 11.6. The Bertz CT molecular complexity index is 996. The van der Waals surface area contributed by atoms with Crippen LogP contribution >= 0.6 is 23.2 Å². The highest BCUT2D eigenvalue weighted by Gasteiger charge is 2.27. The molecule has 2 aliphatic rings. The van der Waals surface area contributed by atoms with Crippen molar-refractivity contribution in [3.63, 3.8) is 0 Å². The predicted octanol–water partition coefficient (Wildman–Crippen LogP) is 9.47. The number of likely N-dealkylation sites (N-methyl/N-ethyl adjacent to an activating group) is 1. The lowest BCUT2D eigenvalue weighted by Gasteiger charge is -2.36. The summed E-state index contributed by atoms with van der Waals surface area (Å²) in [6.45, 7) is 24.1. The normalized spacial score (nSPS) is 16.5. The van der Waals surface area contributed by atoms with Gasteiger partial charge in [-0.2, -0.15) is 0 Å². The molecule has 2 unspecified atom stereocenters. The third kappa shape index (κ3) is 23.1. The second kappa shape index (κ2) is 34.5. The van der Waals surface area contributed by atoms with Crippen LogP contribution in [-0.2, 0) is 9.59 Å². The van der Waals surface area contributed by atoms with Crippen molar-refractivity contribution in [3.05, 3.63) is 70.1 Å². The van der Waals surface area contributed by atoms with Gasteiger partial charge < -0.3 is 26.6 Å². The molecule has 0 aromatic carbocycles. The van der Waals surface area contributed by atoms with E-state index < -0.39 is 0 Å². The SMILES string of the molecule is C=C/C=C(\C=C/CC)N/C=C(\C)C(N)CC.CC.CC.CC.CNC(CNC=O)C1CCN(C(=O)CCC2=CC(Cl)=C(Cl)CCC2)CC1. The van der Waals surface area contributed by atoms with Crippen molar-refractivity contribution in [1.29, 1.82) is 0 Å². The van der Waals surface area contributed by atoms with Gasteiger partial charge in [0.1, 0.15) is 0 Å². The van der Waals surface area contributed by atoms with Crippen LogP contribution in [0, 0.1) is 5.92 Å². The Morgan fingerprint density at radius 3 is 2.25 bits per heavy atom. The molecule has 0 radical (unpaired) electrons. The van der Waals surface area contributed by atoms with Crippen molar-refractivity contribution in [2.45, 2.75) is 132 Å². The van der Waals surface area contributed by atoms with Gasteiger partial charge in [0.05, 0.1) is 5.03 Å². The quantitative estimate of drug-likeness (QED) is 0.100. The number of nitrogens with zero attached hydrogens (tertiary/aromatic N) is 1. The fourth-order valence-corrected chi connectivity index (χ4v) is 5.36. The lowest BCUT2D eigenvalue weighted by molar-refractivity contribution is -0.132. The lowest BCUT2D eigenvalue weighted by Crippen LogP contribution is -2.47. The number of nitrogens with one attached hydrogen (secondary N) is 3. The number of hydrogen-bond acceptors (Lipinski definition) is 5. The van der Waals surface area contributed by atoms with Gasteiger partial charge in [-0.15, -0.1) is 0 Å². The number of likely N-dealkylation sites (tertiary alicyclic amines) is 1. The summed E-state index contributed by atoms with van der Waals surface area (Å²) in [5.41, 5.74) is 9.31. The van der Waals surface area contributed by atoms with E-state index in [1.165, 1.54) is 5.57 Å². The number of hydrogen-bond donors (Lipinski definition) is 4. The third-order valence-corrected chi connectivity index (χ3v) is 8.55. The highest BCUT2D eigenvalue weighted by atomic mass is 35.5. The van der Waals surface area contributed by atoms with E-state index in [9.17, 15) is 9.59 Å². The number of allylic oxidation sites excluding steroid dienone is 8.